The molecule has 0 fully saturated rings. The van der Waals surface area contributed by atoms with E-state index in [0.717, 1.165) is 23.4 Å². The highest BCUT2D eigenvalue weighted by atomic mass is 16.5. The molecule has 5 heteroatoms. The molecule has 0 radical (unpaired) electrons. The molecular formula is C17H22N2O3. The van der Waals surface area contributed by atoms with E-state index in [9.17, 15) is 0 Å². The number of nitrogens with two attached hydrogens (primary N) is 1. The summed E-state index contributed by atoms with van der Waals surface area (Å²) in [5.74, 6) is 1.91. The summed E-state index contributed by atoms with van der Waals surface area (Å²) in [4.78, 5) is 0. The summed E-state index contributed by atoms with van der Waals surface area (Å²) in [5, 5.41) is 3.38. The van der Waals surface area contributed by atoms with E-state index in [-0.39, 0.29) is 0 Å². The van der Waals surface area contributed by atoms with Crippen LogP contribution in [0.5, 0.6) is 17.2 Å². The summed E-state index contributed by atoms with van der Waals surface area (Å²) < 4.78 is 16.0. The van der Waals surface area contributed by atoms with Gasteiger partial charge in [-0.1, -0.05) is 12.1 Å². The van der Waals surface area contributed by atoms with Gasteiger partial charge in [0.1, 0.15) is 0 Å². The first-order chi connectivity index (χ1) is 10.7. The molecule has 2 rings (SSSR count). The van der Waals surface area contributed by atoms with E-state index in [1.165, 1.54) is 0 Å². The van der Waals surface area contributed by atoms with Crippen LogP contribution in [0.4, 0.5) is 5.69 Å². The van der Waals surface area contributed by atoms with Gasteiger partial charge < -0.3 is 25.3 Å². The third-order valence-corrected chi connectivity index (χ3v) is 3.33. The van der Waals surface area contributed by atoms with Gasteiger partial charge in [0, 0.05) is 18.8 Å². The van der Waals surface area contributed by atoms with Crippen LogP contribution in [-0.4, -0.2) is 21.3 Å². The van der Waals surface area contributed by atoms with Gasteiger partial charge in [0.05, 0.1) is 21.3 Å². The Balaban J connectivity index is 2.06. The highest BCUT2D eigenvalue weighted by molar-refractivity contribution is 5.53. The Morgan fingerprint density at radius 1 is 0.864 bits per heavy atom. The fourth-order valence-corrected chi connectivity index (χ4v) is 2.29. The molecule has 0 heterocycles. The van der Waals surface area contributed by atoms with Crippen LogP contribution in [0, 0.1) is 0 Å². The summed E-state index contributed by atoms with van der Waals surface area (Å²) >= 11 is 0. The molecule has 0 aliphatic heterocycles. The summed E-state index contributed by atoms with van der Waals surface area (Å²) in [5.41, 5.74) is 8.74. The minimum absolute atomic E-state index is 0.601. The van der Waals surface area contributed by atoms with Crippen molar-refractivity contribution in [2.75, 3.05) is 27.1 Å². The van der Waals surface area contributed by atoms with Crippen LogP contribution in [0.1, 0.15) is 11.1 Å². The van der Waals surface area contributed by atoms with E-state index in [1.807, 2.05) is 36.4 Å². The molecule has 2 aromatic carbocycles. The van der Waals surface area contributed by atoms with Crippen molar-refractivity contribution in [1.29, 1.82) is 0 Å². The van der Waals surface area contributed by atoms with Gasteiger partial charge in [-0.15, -0.1) is 0 Å². The second kappa shape index (κ2) is 7.56. The van der Waals surface area contributed by atoms with Crippen LogP contribution in [0.3, 0.4) is 0 Å². The van der Waals surface area contributed by atoms with Gasteiger partial charge in [0.15, 0.2) is 11.5 Å². The zero-order valence-corrected chi connectivity index (χ0v) is 13.2. The van der Waals surface area contributed by atoms with Crippen LogP contribution in [0.15, 0.2) is 36.4 Å². The van der Waals surface area contributed by atoms with Crippen molar-refractivity contribution in [3.63, 3.8) is 0 Å². The first kappa shape index (κ1) is 16.0. The summed E-state index contributed by atoms with van der Waals surface area (Å²) in [6.07, 6.45) is 0. The van der Waals surface area contributed by atoms with E-state index in [4.69, 9.17) is 19.9 Å². The molecule has 118 valence electrons. The molecule has 0 bridgehead atoms. The Bertz CT molecular complexity index is 604. The monoisotopic (exact) mass is 302 g/mol. The molecule has 0 atom stereocenters. The molecule has 0 amide bonds. The number of anilines is 1. The minimum Gasteiger partial charge on any atom is -0.493 e. The first-order valence-electron chi connectivity index (χ1n) is 7.02. The van der Waals surface area contributed by atoms with Gasteiger partial charge in [-0.25, -0.2) is 0 Å². The number of hydrogen-bond acceptors (Lipinski definition) is 5. The molecule has 0 aliphatic rings. The highest BCUT2D eigenvalue weighted by Gasteiger charge is 2.12. The summed E-state index contributed by atoms with van der Waals surface area (Å²) in [6, 6.07) is 11.7. The molecule has 0 unspecified atom stereocenters. The zero-order valence-electron chi connectivity index (χ0n) is 13.2. The normalized spacial score (nSPS) is 10.3. The molecule has 0 aromatic heterocycles. The largest absolute Gasteiger partial charge is 0.493 e. The van der Waals surface area contributed by atoms with Crippen LogP contribution < -0.4 is 25.3 Å². The summed E-state index contributed by atoms with van der Waals surface area (Å²) in [6.45, 7) is 1.42. The number of methoxy groups -OCH3 is 3. The molecule has 0 spiro atoms. The number of rotatable bonds is 7. The van der Waals surface area contributed by atoms with Crippen LogP contribution in [0.2, 0.25) is 0 Å². The van der Waals surface area contributed by atoms with Crippen LogP contribution >= 0.6 is 0 Å². The number of benzene rings is 2. The lowest BCUT2D eigenvalue weighted by Gasteiger charge is -2.14. The Morgan fingerprint density at radius 3 is 2.05 bits per heavy atom. The van der Waals surface area contributed by atoms with Crippen molar-refractivity contribution in [3.8, 4) is 17.2 Å². The standard InChI is InChI=1S/C17H22N2O3/c1-20-15-8-13(9-16(21-2)17(15)22-3)11-19-10-12-5-4-6-14(18)7-12/h4-9,19H,10-11,18H2,1-3H3. The number of ether oxygens (including phenoxy) is 3. The molecular weight excluding hydrogens is 280 g/mol. The van der Waals surface area contributed by atoms with Crippen molar-refractivity contribution in [3.05, 3.63) is 47.5 Å². The smallest absolute Gasteiger partial charge is 0.203 e. The van der Waals surface area contributed by atoms with Gasteiger partial charge in [-0.3, -0.25) is 0 Å². The molecule has 22 heavy (non-hydrogen) atoms. The van der Waals surface area contributed by atoms with Gasteiger partial charge >= 0.3 is 0 Å². The third kappa shape index (κ3) is 3.83. The molecule has 3 N–H and O–H groups in total. The first-order valence-corrected chi connectivity index (χ1v) is 7.02. The van der Waals surface area contributed by atoms with Gasteiger partial charge in [-0.2, -0.15) is 0 Å². The van der Waals surface area contributed by atoms with Gasteiger partial charge in [-0.05, 0) is 35.4 Å². The average Bonchev–Trinajstić information content (AvgIpc) is 2.53. The zero-order chi connectivity index (χ0) is 15.9. The molecule has 0 aliphatic carbocycles. The van der Waals surface area contributed by atoms with Crippen molar-refractivity contribution in [1.82, 2.24) is 5.32 Å². The Kier molecular flexibility index (Phi) is 5.49. The van der Waals surface area contributed by atoms with E-state index >= 15 is 0 Å². The van der Waals surface area contributed by atoms with Crippen LogP contribution in [-0.2, 0) is 13.1 Å². The van der Waals surface area contributed by atoms with E-state index < -0.39 is 0 Å². The van der Waals surface area contributed by atoms with E-state index in [0.29, 0.717) is 23.8 Å². The number of nitrogen functional groups attached to an aromatic ring is 1. The lowest BCUT2D eigenvalue weighted by Crippen LogP contribution is -2.13. The SMILES string of the molecule is COc1cc(CNCc2cccc(N)c2)cc(OC)c1OC. The maximum absolute atomic E-state index is 5.77. The Morgan fingerprint density at radius 2 is 1.50 bits per heavy atom. The minimum atomic E-state index is 0.601. The topological polar surface area (TPSA) is 65.7 Å². The fraction of sp³-hybridized carbons (Fsp3) is 0.294. The average molecular weight is 302 g/mol. The second-order valence-corrected chi connectivity index (χ2v) is 4.88. The number of nitrogens with one attached hydrogen (secondary N) is 1. The summed E-state index contributed by atoms with van der Waals surface area (Å²) in [7, 11) is 4.82. The van der Waals surface area contributed by atoms with Crippen molar-refractivity contribution >= 4 is 5.69 Å². The molecule has 0 saturated heterocycles. The maximum Gasteiger partial charge on any atom is 0.203 e. The Hall–Kier alpha value is -2.40. The third-order valence-electron chi connectivity index (χ3n) is 3.33. The maximum atomic E-state index is 5.77. The van der Waals surface area contributed by atoms with Gasteiger partial charge in [0.25, 0.3) is 0 Å². The predicted molar refractivity (Wildman–Crippen MR) is 87.5 cm³/mol. The molecule has 5 nitrogen and oxygen atoms in total. The highest BCUT2D eigenvalue weighted by Crippen LogP contribution is 2.38. The Labute approximate surface area is 131 Å². The van der Waals surface area contributed by atoms with Crippen molar-refractivity contribution in [2.45, 2.75) is 13.1 Å². The van der Waals surface area contributed by atoms with E-state index in [1.54, 1.807) is 21.3 Å². The lowest BCUT2D eigenvalue weighted by molar-refractivity contribution is 0.323. The molecule has 0 saturated carbocycles. The van der Waals surface area contributed by atoms with Gasteiger partial charge in [0.2, 0.25) is 5.75 Å². The second-order valence-electron chi connectivity index (χ2n) is 4.88. The fourth-order valence-electron chi connectivity index (χ4n) is 2.29. The van der Waals surface area contributed by atoms with Crippen LogP contribution in [0.25, 0.3) is 0 Å². The van der Waals surface area contributed by atoms with E-state index in [2.05, 4.69) is 5.32 Å². The molecule has 2 aromatic rings. The van der Waals surface area contributed by atoms with Crippen molar-refractivity contribution < 1.29 is 14.2 Å². The van der Waals surface area contributed by atoms with Crippen molar-refractivity contribution in [2.24, 2.45) is 0 Å². The predicted octanol–water partition coefficient (Wildman–Crippen LogP) is 2.58. The quantitative estimate of drug-likeness (QED) is 0.770. The number of hydrogen-bond donors (Lipinski definition) is 2. The lowest BCUT2D eigenvalue weighted by atomic mass is 10.1.